The second-order valence-corrected chi connectivity index (χ2v) is 7.47. The summed E-state index contributed by atoms with van der Waals surface area (Å²) in [5.74, 6) is 0.361. The summed E-state index contributed by atoms with van der Waals surface area (Å²) in [6.07, 6.45) is 2.71. The van der Waals surface area contributed by atoms with E-state index in [1.54, 1.807) is 0 Å². The predicted octanol–water partition coefficient (Wildman–Crippen LogP) is 5.15. The van der Waals surface area contributed by atoms with E-state index in [2.05, 4.69) is 34.6 Å². The van der Waals surface area contributed by atoms with Gasteiger partial charge in [-0.2, -0.15) is 0 Å². The Bertz CT molecular complexity index is 294. The summed E-state index contributed by atoms with van der Waals surface area (Å²) in [6.45, 7) is 17.1. The van der Waals surface area contributed by atoms with Crippen molar-refractivity contribution in [1.29, 1.82) is 0 Å². The van der Waals surface area contributed by atoms with Gasteiger partial charge in [0.1, 0.15) is 5.78 Å². The third-order valence-electron chi connectivity index (χ3n) is 3.09. The van der Waals surface area contributed by atoms with Gasteiger partial charge in [0.25, 0.3) is 0 Å². The number of carbonyl (C=O) groups excluding carboxylic acids is 1. The molecule has 1 nitrogen and oxygen atoms in total. The number of hydrogen-bond donors (Lipinski definition) is 0. The first-order valence-corrected chi connectivity index (χ1v) is 6.62. The number of rotatable bonds is 4. The average molecular weight is 238 g/mol. The van der Waals surface area contributed by atoms with Gasteiger partial charge in [0.05, 0.1) is 0 Å². The molecule has 1 heteroatoms. The zero-order valence-corrected chi connectivity index (χ0v) is 13.0. The van der Waals surface area contributed by atoms with E-state index in [1.165, 1.54) is 11.1 Å². The molecule has 0 atom stereocenters. The highest BCUT2D eigenvalue weighted by Crippen LogP contribution is 2.27. The largest absolute Gasteiger partial charge is 0.299 e. The van der Waals surface area contributed by atoms with Crippen molar-refractivity contribution >= 4 is 5.78 Å². The molecule has 100 valence electrons. The molecule has 0 saturated carbocycles. The minimum absolute atomic E-state index is 0.196. The van der Waals surface area contributed by atoms with Crippen molar-refractivity contribution < 1.29 is 4.79 Å². The second kappa shape index (κ2) is 5.84. The Morgan fingerprint density at radius 2 is 1.29 bits per heavy atom. The summed E-state index contributed by atoms with van der Waals surface area (Å²) in [4.78, 5) is 11.9. The molecule has 0 aromatic carbocycles. The zero-order chi connectivity index (χ0) is 13.9. The lowest BCUT2D eigenvalue weighted by Gasteiger charge is -2.21. The first-order chi connectivity index (χ1) is 7.43. The van der Waals surface area contributed by atoms with E-state index in [1.807, 2.05) is 20.8 Å². The number of allylic oxidation sites excluding steroid dienone is 2. The van der Waals surface area contributed by atoms with Crippen LogP contribution in [0.5, 0.6) is 0 Å². The van der Waals surface area contributed by atoms with Crippen LogP contribution >= 0.6 is 0 Å². The molecule has 0 fully saturated rings. The molecule has 0 N–H and O–H groups in total. The lowest BCUT2D eigenvalue weighted by atomic mass is 9.84. The van der Waals surface area contributed by atoms with Gasteiger partial charge in [-0.05, 0) is 32.1 Å². The van der Waals surface area contributed by atoms with Gasteiger partial charge in [-0.3, -0.25) is 4.79 Å². The molecule has 0 bridgehead atoms. The normalized spacial score (nSPS) is 14.6. The summed E-state index contributed by atoms with van der Waals surface area (Å²) in [5, 5.41) is 0. The van der Waals surface area contributed by atoms with Crippen LogP contribution in [0.15, 0.2) is 11.1 Å². The highest BCUT2D eigenvalue weighted by atomic mass is 16.1. The van der Waals surface area contributed by atoms with Crippen molar-refractivity contribution in [2.75, 3.05) is 0 Å². The third-order valence-corrected chi connectivity index (χ3v) is 3.09. The van der Waals surface area contributed by atoms with Gasteiger partial charge in [0.15, 0.2) is 0 Å². The Kier molecular flexibility index (Phi) is 5.64. The predicted molar refractivity (Wildman–Crippen MR) is 76.1 cm³/mol. The van der Waals surface area contributed by atoms with Crippen molar-refractivity contribution in [3.63, 3.8) is 0 Å². The third kappa shape index (κ3) is 7.36. The Hall–Kier alpha value is -0.590. The van der Waals surface area contributed by atoms with E-state index in [4.69, 9.17) is 0 Å². The van der Waals surface area contributed by atoms with E-state index in [0.29, 0.717) is 17.6 Å². The van der Waals surface area contributed by atoms with Crippen LogP contribution in [0.2, 0.25) is 0 Å². The molecule has 0 aliphatic heterocycles. The number of hydrogen-bond acceptors (Lipinski definition) is 1. The molecule has 0 amide bonds. The van der Waals surface area contributed by atoms with Gasteiger partial charge in [-0.1, -0.05) is 52.7 Å². The van der Waals surface area contributed by atoms with Crippen LogP contribution in [0.25, 0.3) is 0 Å². The van der Waals surface area contributed by atoms with Crippen LogP contribution in [0.4, 0.5) is 0 Å². The molecule has 0 aliphatic carbocycles. The topological polar surface area (TPSA) is 17.1 Å². The van der Waals surface area contributed by atoms with E-state index in [-0.39, 0.29) is 5.41 Å². The number of carbonyl (C=O) groups is 1. The second-order valence-electron chi connectivity index (χ2n) is 7.47. The number of Topliss-reactive ketones (excluding diaryl/α,β-unsaturated/α-hetero) is 1. The molecule has 0 rings (SSSR count). The summed E-state index contributed by atoms with van der Waals surface area (Å²) in [5.41, 5.74) is 2.97. The molecule has 0 aromatic rings. The van der Waals surface area contributed by atoms with E-state index in [0.717, 1.165) is 12.8 Å². The molecule has 0 aliphatic rings. The van der Waals surface area contributed by atoms with Gasteiger partial charge in [0, 0.05) is 11.8 Å². The Balaban J connectivity index is 4.40. The zero-order valence-electron chi connectivity index (χ0n) is 13.0. The minimum atomic E-state index is -0.196. The van der Waals surface area contributed by atoms with E-state index in [9.17, 15) is 4.79 Å². The van der Waals surface area contributed by atoms with Crippen molar-refractivity contribution in [1.82, 2.24) is 0 Å². The first kappa shape index (κ1) is 16.4. The van der Waals surface area contributed by atoms with Crippen LogP contribution in [0.1, 0.15) is 74.7 Å². The van der Waals surface area contributed by atoms with Crippen LogP contribution in [0, 0.1) is 10.8 Å². The van der Waals surface area contributed by atoms with Crippen molar-refractivity contribution in [3.05, 3.63) is 11.1 Å². The maximum Gasteiger partial charge on any atom is 0.138 e. The van der Waals surface area contributed by atoms with Crippen molar-refractivity contribution in [2.45, 2.75) is 74.7 Å². The molecule has 0 heterocycles. The van der Waals surface area contributed by atoms with Crippen LogP contribution in [-0.4, -0.2) is 5.78 Å². The molecular weight excluding hydrogens is 208 g/mol. The average Bonchev–Trinajstić information content (AvgIpc) is 2.08. The van der Waals surface area contributed by atoms with Gasteiger partial charge in [-0.25, -0.2) is 0 Å². The van der Waals surface area contributed by atoms with Gasteiger partial charge < -0.3 is 0 Å². The summed E-state index contributed by atoms with van der Waals surface area (Å²) >= 11 is 0. The SMILES string of the molecule is CC(CCC(=O)C(C)(C)C)=C(C)CC(C)(C)C. The Morgan fingerprint density at radius 3 is 1.65 bits per heavy atom. The summed E-state index contributed by atoms with van der Waals surface area (Å²) in [7, 11) is 0. The fourth-order valence-corrected chi connectivity index (χ4v) is 1.84. The highest BCUT2D eigenvalue weighted by molar-refractivity contribution is 5.83. The van der Waals surface area contributed by atoms with Crippen molar-refractivity contribution in [3.8, 4) is 0 Å². The smallest absolute Gasteiger partial charge is 0.138 e. The van der Waals surface area contributed by atoms with E-state index < -0.39 is 0 Å². The number of ketones is 1. The van der Waals surface area contributed by atoms with E-state index >= 15 is 0 Å². The molecule has 0 saturated heterocycles. The molecule has 0 aromatic heterocycles. The van der Waals surface area contributed by atoms with Crippen molar-refractivity contribution in [2.24, 2.45) is 10.8 Å². The first-order valence-electron chi connectivity index (χ1n) is 6.62. The molecule has 0 spiro atoms. The maximum atomic E-state index is 11.9. The Labute approximate surface area is 108 Å². The minimum Gasteiger partial charge on any atom is -0.299 e. The molecule has 0 unspecified atom stereocenters. The standard InChI is InChI=1S/C16H30O/c1-12(13(2)11-15(3,4)5)9-10-14(17)16(6,7)8/h9-11H2,1-8H3. The lowest BCUT2D eigenvalue weighted by Crippen LogP contribution is -2.19. The van der Waals surface area contributed by atoms with Crippen LogP contribution in [0.3, 0.4) is 0 Å². The van der Waals surface area contributed by atoms with Gasteiger partial charge in [-0.15, -0.1) is 0 Å². The Morgan fingerprint density at radius 1 is 0.824 bits per heavy atom. The monoisotopic (exact) mass is 238 g/mol. The fourth-order valence-electron chi connectivity index (χ4n) is 1.84. The quantitative estimate of drug-likeness (QED) is 0.619. The fraction of sp³-hybridized carbons (Fsp3) is 0.812. The highest BCUT2D eigenvalue weighted by Gasteiger charge is 2.20. The summed E-state index contributed by atoms with van der Waals surface area (Å²) < 4.78 is 0. The van der Waals surface area contributed by atoms with Crippen LogP contribution < -0.4 is 0 Å². The van der Waals surface area contributed by atoms with Gasteiger partial charge >= 0.3 is 0 Å². The van der Waals surface area contributed by atoms with Gasteiger partial charge in [0.2, 0.25) is 0 Å². The van der Waals surface area contributed by atoms with Crippen LogP contribution in [-0.2, 0) is 4.79 Å². The molecule has 0 radical (unpaired) electrons. The summed E-state index contributed by atoms with van der Waals surface area (Å²) in [6, 6.07) is 0. The molecular formula is C16H30O. The maximum absolute atomic E-state index is 11.9. The molecule has 17 heavy (non-hydrogen) atoms. The lowest BCUT2D eigenvalue weighted by molar-refractivity contribution is -0.126.